The molecule has 0 saturated heterocycles. The Bertz CT molecular complexity index is 559. The van der Waals surface area contributed by atoms with Gasteiger partial charge in [-0.05, 0) is 13.0 Å². The summed E-state index contributed by atoms with van der Waals surface area (Å²) in [6.45, 7) is 1.75. The fourth-order valence-corrected chi connectivity index (χ4v) is 2.37. The average molecular weight is 266 g/mol. The van der Waals surface area contributed by atoms with Gasteiger partial charge in [-0.1, -0.05) is 11.8 Å². The number of esters is 1. The Morgan fingerprint density at radius 3 is 3.00 bits per heavy atom. The van der Waals surface area contributed by atoms with Gasteiger partial charge in [0.05, 0.1) is 12.9 Å². The minimum atomic E-state index is -0.371. The third kappa shape index (κ3) is 2.59. The van der Waals surface area contributed by atoms with E-state index in [2.05, 4.69) is 9.72 Å². The van der Waals surface area contributed by atoms with Crippen LogP contribution < -0.4 is 0 Å². The quantitative estimate of drug-likeness (QED) is 0.628. The first kappa shape index (κ1) is 12.8. The first-order valence-electron chi connectivity index (χ1n) is 5.39. The van der Waals surface area contributed by atoms with Gasteiger partial charge in [0.25, 0.3) is 0 Å². The molecular formula is C12H14N2O3S. The van der Waals surface area contributed by atoms with Gasteiger partial charge in [0, 0.05) is 19.4 Å². The number of imidazole rings is 1. The van der Waals surface area contributed by atoms with Crippen LogP contribution in [-0.2, 0) is 17.5 Å². The number of aromatic nitrogens is 2. The van der Waals surface area contributed by atoms with Crippen LogP contribution in [0.5, 0.6) is 0 Å². The van der Waals surface area contributed by atoms with Gasteiger partial charge in [-0.25, -0.2) is 9.78 Å². The molecule has 18 heavy (non-hydrogen) atoms. The number of methoxy groups -OCH3 is 1. The molecule has 0 radical (unpaired) electrons. The summed E-state index contributed by atoms with van der Waals surface area (Å²) in [5.74, 6) is 1.57. The number of ether oxygens (including phenoxy) is 1. The molecule has 2 rings (SSSR count). The molecule has 0 aliphatic carbocycles. The normalized spacial score (nSPS) is 10.6. The Morgan fingerprint density at radius 1 is 1.61 bits per heavy atom. The predicted molar refractivity (Wildman–Crippen MR) is 67.6 cm³/mol. The number of aryl methyl sites for hydroxylation is 2. The van der Waals surface area contributed by atoms with Crippen molar-refractivity contribution in [1.82, 2.24) is 9.55 Å². The van der Waals surface area contributed by atoms with Crippen LogP contribution >= 0.6 is 11.8 Å². The highest BCUT2D eigenvalue weighted by molar-refractivity contribution is 7.98. The summed E-state index contributed by atoms with van der Waals surface area (Å²) in [4.78, 5) is 15.6. The molecule has 2 aromatic rings. The summed E-state index contributed by atoms with van der Waals surface area (Å²) < 4.78 is 12.1. The third-order valence-corrected chi connectivity index (χ3v) is 3.58. The number of carbonyl (C=O) groups excluding carboxylic acids is 1. The molecule has 6 heteroatoms. The molecule has 0 N–H and O–H groups in total. The molecule has 0 fully saturated rings. The lowest BCUT2D eigenvalue weighted by Crippen LogP contribution is -2.00. The second kappa shape index (κ2) is 5.30. The van der Waals surface area contributed by atoms with Gasteiger partial charge in [-0.3, -0.25) is 0 Å². The van der Waals surface area contributed by atoms with E-state index in [1.54, 1.807) is 30.9 Å². The molecule has 0 atom stereocenters. The lowest BCUT2D eigenvalue weighted by molar-refractivity contribution is 0.0599. The Kier molecular flexibility index (Phi) is 3.76. The van der Waals surface area contributed by atoms with Crippen LogP contribution in [0.1, 0.15) is 21.9 Å². The van der Waals surface area contributed by atoms with E-state index in [4.69, 9.17) is 4.42 Å². The van der Waals surface area contributed by atoms with E-state index in [9.17, 15) is 4.79 Å². The van der Waals surface area contributed by atoms with E-state index < -0.39 is 0 Å². The zero-order chi connectivity index (χ0) is 13.1. The first-order chi connectivity index (χ1) is 8.61. The molecule has 96 valence electrons. The van der Waals surface area contributed by atoms with Crippen molar-refractivity contribution in [3.8, 4) is 0 Å². The molecule has 0 aliphatic heterocycles. The summed E-state index contributed by atoms with van der Waals surface area (Å²) in [5, 5.41) is 0.906. The second-order valence-corrected chi connectivity index (χ2v) is 4.73. The summed E-state index contributed by atoms with van der Waals surface area (Å²) in [6, 6.07) is 1.72. The van der Waals surface area contributed by atoms with Crippen LogP contribution in [0.15, 0.2) is 28.0 Å². The van der Waals surface area contributed by atoms with Crippen molar-refractivity contribution < 1.29 is 13.9 Å². The Hall–Kier alpha value is -1.69. The molecule has 2 aromatic heterocycles. The standard InChI is InChI=1S/C12H14N2O3S/c1-8-10(11(15)16-3)6-9(17-8)7-18-12-13-4-5-14(12)2/h4-6H,7H2,1-3H3. The van der Waals surface area contributed by atoms with Crippen molar-refractivity contribution in [3.05, 3.63) is 35.5 Å². The van der Waals surface area contributed by atoms with E-state index in [-0.39, 0.29) is 5.97 Å². The van der Waals surface area contributed by atoms with Gasteiger partial charge in [0.2, 0.25) is 0 Å². The summed E-state index contributed by atoms with van der Waals surface area (Å²) in [5.41, 5.74) is 0.480. The molecule has 2 heterocycles. The number of thioether (sulfide) groups is 1. The highest BCUT2D eigenvalue weighted by Gasteiger charge is 2.15. The number of hydrogen-bond acceptors (Lipinski definition) is 5. The topological polar surface area (TPSA) is 57.3 Å². The summed E-state index contributed by atoms with van der Waals surface area (Å²) >= 11 is 1.55. The van der Waals surface area contributed by atoms with E-state index in [1.807, 2.05) is 17.8 Å². The number of hydrogen-bond donors (Lipinski definition) is 0. The number of rotatable bonds is 4. The largest absolute Gasteiger partial charge is 0.465 e. The van der Waals surface area contributed by atoms with E-state index in [0.717, 1.165) is 10.9 Å². The van der Waals surface area contributed by atoms with Crippen LogP contribution in [0.2, 0.25) is 0 Å². The average Bonchev–Trinajstić information content (AvgIpc) is 2.92. The van der Waals surface area contributed by atoms with Crippen LogP contribution in [0, 0.1) is 6.92 Å². The predicted octanol–water partition coefficient (Wildman–Crippen LogP) is 2.40. The molecular weight excluding hydrogens is 252 g/mol. The number of furan rings is 1. The maximum atomic E-state index is 11.4. The Morgan fingerprint density at radius 2 is 2.39 bits per heavy atom. The Labute approximate surface area is 109 Å². The van der Waals surface area contributed by atoms with Crippen molar-refractivity contribution in [1.29, 1.82) is 0 Å². The van der Waals surface area contributed by atoms with E-state index >= 15 is 0 Å². The van der Waals surface area contributed by atoms with E-state index in [1.165, 1.54) is 7.11 Å². The Balaban J connectivity index is 2.07. The second-order valence-electron chi connectivity index (χ2n) is 3.78. The molecule has 0 saturated carbocycles. The minimum Gasteiger partial charge on any atom is -0.465 e. The van der Waals surface area contributed by atoms with Gasteiger partial charge < -0.3 is 13.7 Å². The third-order valence-electron chi connectivity index (χ3n) is 2.49. The zero-order valence-electron chi connectivity index (χ0n) is 10.5. The van der Waals surface area contributed by atoms with Gasteiger partial charge in [0.1, 0.15) is 17.1 Å². The zero-order valence-corrected chi connectivity index (χ0v) is 11.3. The van der Waals surface area contributed by atoms with Crippen LogP contribution in [0.25, 0.3) is 0 Å². The lowest BCUT2D eigenvalue weighted by atomic mass is 10.2. The SMILES string of the molecule is COC(=O)c1cc(CSc2nccn2C)oc1C. The van der Waals surface area contributed by atoms with Crippen molar-refractivity contribution in [2.24, 2.45) is 7.05 Å². The van der Waals surface area contributed by atoms with Gasteiger partial charge >= 0.3 is 5.97 Å². The fraction of sp³-hybridized carbons (Fsp3) is 0.333. The molecule has 0 aliphatic rings. The van der Waals surface area contributed by atoms with Crippen molar-refractivity contribution in [3.63, 3.8) is 0 Å². The van der Waals surface area contributed by atoms with Crippen molar-refractivity contribution >= 4 is 17.7 Å². The minimum absolute atomic E-state index is 0.371. The molecule has 0 bridgehead atoms. The van der Waals surface area contributed by atoms with Crippen LogP contribution in [-0.4, -0.2) is 22.6 Å². The molecule has 0 amide bonds. The molecule has 0 unspecified atom stereocenters. The van der Waals surface area contributed by atoms with Gasteiger partial charge in [-0.15, -0.1) is 0 Å². The van der Waals surface area contributed by atoms with Gasteiger partial charge in [0.15, 0.2) is 5.16 Å². The first-order valence-corrected chi connectivity index (χ1v) is 6.38. The van der Waals surface area contributed by atoms with E-state index in [0.29, 0.717) is 17.1 Å². The highest BCUT2D eigenvalue weighted by Crippen LogP contribution is 2.24. The monoisotopic (exact) mass is 266 g/mol. The maximum absolute atomic E-state index is 11.4. The van der Waals surface area contributed by atoms with Crippen molar-refractivity contribution in [2.75, 3.05) is 7.11 Å². The number of nitrogens with zero attached hydrogens (tertiary/aromatic N) is 2. The molecule has 0 aromatic carbocycles. The lowest BCUT2D eigenvalue weighted by Gasteiger charge is -1.98. The van der Waals surface area contributed by atoms with Gasteiger partial charge in [-0.2, -0.15) is 0 Å². The molecule has 5 nitrogen and oxygen atoms in total. The summed E-state index contributed by atoms with van der Waals surface area (Å²) in [6.07, 6.45) is 3.63. The number of carbonyl (C=O) groups is 1. The van der Waals surface area contributed by atoms with Crippen LogP contribution in [0.4, 0.5) is 0 Å². The summed E-state index contributed by atoms with van der Waals surface area (Å²) in [7, 11) is 3.29. The maximum Gasteiger partial charge on any atom is 0.341 e. The van der Waals surface area contributed by atoms with Crippen LogP contribution in [0.3, 0.4) is 0 Å². The highest BCUT2D eigenvalue weighted by atomic mass is 32.2. The van der Waals surface area contributed by atoms with Crippen molar-refractivity contribution in [2.45, 2.75) is 17.8 Å². The fourth-order valence-electron chi connectivity index (χ4n) is 1.55. The molecule has 0 spiro atoms. The smallest absolute Gasteiger partial charge is 0.341 e.